The van der Waals surface area contributed by atoms with Crippen molar-refractivity contribution in [2.45, 2.75) is 0 Å². The van der Waals surface area contributed by atoms with Crippen LogP contribution in [0.1, 0.15) is 5.56 Å². The Morgan fingerprint density at radius 1 is 1.43 bits per heavy atom. The molecule has 0 aliphatic heterocycles. The molecule has 0 aliphatic rings. The average molecular weight is 205 g/mol. The van der Waals surface area contributed by atoms with Gasteiger partial charge in [-0.05, 0) is 6.07 Å². The van der Waals surface area contributed by atoms with Crippen LogP contribution in [0.4, 0.5) is 5.69 Å². The van der Waals surface area contributed by atoms with Gasteiger partial charge in [-0.15, -0.1) is 0 Å². The molecule has 1 heterocycles. The summed E-state index contributed by atoms with van der Waals surface area (Å²) in [5.41, 5.74) is 7.47. The van der Waals surface area contributed by atoms with Crippen LogP contribution in [-0.4, -0.2) is 4.98 Å². The number of aromatic nitrogens is 1. The molecule has 0 amide bonds. The van der Waals surface area contributed by atoms with Gasteiger partial charge in [0.2, 0.25) is 0 Å². The summed E-state index contributed by atoms with van der Waals surface area (Å²) in [6.07, 6.45) is 3.40. The first-order valence-electron chi connectivity index (χ1n) is 4.19. The number of benzene rings is 1. The minimum atomic E-state index is 0.470. The summed E-state index contributed by atoms with van der Waals surface area (Å²) in [6.45, 7) is 3.71. The molecule has 0 saturated heterocycles. The van der Waals surface area contributed by atoms with Gasteiger partial charge in [0.05, 0.1) is 0 Å². The Kier molecular flexibility index (Phi) is 2.14. The van der Waals surface area contributed by atoms with Crippen LogP contribution >= 0.6 is 11.6 Å². The molecule has 2 N–H and O–H groups in total. The lowest BCUT2D eigenvalue weighted by atomic mass is 10.1. The van der Waals surface area contributed by atoms with E-state index in [0.29, 0.717) is 10.8 Å². The van der Waals surface area contributed by atoms with Crippen molar-refractivity contribution in [2.75, 3.05) is 5.73 Å². The van der Waals surface area contributed by atoms with Crippen LogP contribution in [0.3, 0.4) is 0 Å². The Morgan fingerprint density at radius 3 is 2.93 bits per heavy atom. The molecule has 0 aliphatic carbocycles. The molecule has 1 aromatic carbocycles. The van der Waals surface area contributed by atoms with E-state index in [0.717, 1.165) is 16.3 Å². The molecular formula is C11H9ClN2. The zero-order chi connectivity index (χ0) is 10.1. The lowest BCUT2D eigenvalue weighted by molar-refractivity contribution is 1.35. The standard InChI is InChI=1S/C11H9ClN2/c1-2-7-6-14-11(12)8-4-3-5-9(13)10(7)8/h2-6H,1,13H2. The van der Waals surface area contributed by atoms with Gasteiger partial charge < -0.3 is 5.73 Å². The zero-order valence-corrected chi connectivity index (χ0v) is 8.25. The Hall–Kier alpha value is -1.54. The van der Waals surface area contributed by atoms with Gasteiger partial charge >= 0.3 is 0 Å². The van der Waals surface area contributed by atoms with Gasteiger partial charge in [0.1, 0.15) is 5.15 Å². The minimum Gasteiger partial charge on any atom is -0.398 e. The van der Waals surface area contributed by atoms with Crippen LogP contribution in [0.15, 0.2) is 31.0 Å². The smallest absolute Gasteiger partial charge is 0.136 e. The van der Waals surface area contributed by atoms with Crippen LogP contribution in [0, 0.1) is 0 Å². The first kappa shape index (κ1) is 9.03. The van der Waals surface area contributed by atoms with E-state index in [4.69, 9.17) is 17.3 Å². The largest absolute Gasteiger partial charge is 0.398 e. The molecule has 0 radical (unpaired) electrons. The maximum Gasteiger partial charge on any atom is 0.136 e. The maximum absolute atomic E-state index is 5.96. The number of nitrogen functional groups attached to an aromatic ring is 1. The molecule has 2 aromatic rings. The van der Waals surface area contributed by atoms with Crippen molar-refractivity contribution in [3.63, 3.8) is 0 Å². The SMILES string of the molecule is C=Cc1cnc(Cl)c2cccc(N)c12. The minimum absolute atomic E-state index is 0.470. The Labute approximate surface area is 87.0 Å². The molecule has 0 fully saturated rings. The monoisotopic (exact) mass is 204 g/mol. The van der Waals surface area contributed by atoms with Gasteiger partial charge in [0, 0.05) is 28.2 Å². The van der Waals surface area contributed by atoms with E-state index < -0.39 is 0 Å². The van der Waals surface area contributed by atoms with Gasteiger partial charge in [0.15, 0.2) is 0 Å². The summed E-state index contributed by atoms with van der Waals surface area (Å²) >= 11 is 5.96. The maximum atomic E-state index is 5.96. The molecule has 0 bridgehead atoms. The van der Waals surface area contributed by atoms with Crippen molar-refractivity contribution in [2.24, 2.45) is 0 Å². The number of pyridine rings is 1. The van der Waals surface area contributed by atoms with Crippen molar-refractivity contribution in [3.8, 4) is 0 Å². The molecular weight excluding hydrogens is 196 g/mol. The third kappa shape index (κ3) is 1.24. The fraction of sp³-hybridized carbons (Fsp3) is 0. The summed E-state index contributed by atoms with van der Waals surface area (Å²) in [7, 11) is 0. The lowest BCUT2D eigenvalue weighted by Gasteiger charge is -2.06. The third-order valence-corrected chi connectivity index (χ3v) is 2.45. The normalized spacial score (nSPS) is 10.4. The fourth-order valence-corrected chi connectivity index (χ4v) is 1.69. The Bertz CT molecular complexity index is 506. The van der Waals surface area contributed by atoms with Gasteiger partial charge in [-0.25, -0.2) is 4.98 Å². The molecule has 1 aromatic heterocycles. The molecule has 2 rings (SSSR count). The summed E-state index contributed by atoms with van der Waals surface area (Å²) in [5.74, 6) is 0. The second-order valence-corrected chi connectivity index (χ2v) is 3.34. The Morgan fingerprint density at radius 2 is 2.21 bits per heavy atom. The van der Waals surface area contributed by atoms with Crippen molar-refractivity contribution in [1.29, 1.82) is 0 Å². The second kappa shape index (κ2) is 3.31. The van der Waals surface area contributed by atoms with Crippen LogP contribution in [0.2, 0.25) is 5.15 Å². The highest BCUT2D eigenvalue weighted by Crippen LogP contribution is 2.29. The highest BCUT2D eigenvalue weighted by Gasteiger charge is 2.05. The third-order valence-electron chi connectivity index (χ3n) is 2.14. The second-order valence-electron chi connectivity index (χ2n) is 2.98. The van der Waals surface area contributed by atoms with Gasteiger partial charge in [0.25, 0.3) is 0 Å². The van der Waals surface area contributed by atoms with E-state index in [1.54, 1.807) is 12.3 Å². The highest BCUT2D eigenvalue weighted by molar-refractivity contribution is 6.34. The first-order chi connectivity index (χ1) is 6.74. The molecule has 3 heteroatoms. The highest BCUT2D eigenvalue weighted by atomic mass is 35.5. The van der Waals surface area contributed by atoms with E-state index >= 15 is 0 Å². The number of anilines is 1. The number of nitrogens with two attached hydrogens (primary N) is 1. The topological polar surface area (TPSA) is 38.9 Å². The van der Waals surface area contributed by atoms with Crippen LogP contribution < -0.4 is 5.73 Å². The van der Waals surface area contributed by atoms with Gasteiger partial charge in [-0.2, -0.15) is 0 Å². The number of rotatable bonds is 1. The van der Waals surface area contributed by atoms with E-state index in [-0.39, 0.29) is 0 Å². The van der Waals surface area contributed by atoms with Crippen molar-refractivity contribution in [3.05, 3.63) is 41.7 Å². The average Bonchev–Trinajstić information content (AvgIpc) is 2.20. The molecule has 0 spiro atoms. The van der Waals surface area contributed by atoms with E-state index in [1.807, 2.05) is 18.2 Å². The molecule has 0 unspecified atom stereocenters. The molecule has 14 heavy (non-hydrogen) atoms. The summed E-state index contributed by atoms with van der Waals surface area (Å²) in [4.78, 5) is 4.06. The van der Waals surface area contributed by atoms with Crippen molar-refractivity contribution in [1.82, 2.24) is 4.98 Å². The molecule has 0 atom stereocenters. The number of hydrogen-bond acceptors (Lipinski definition) is 2. The van der Waals surface area contributed by atoms with Crippen molar-refractivity contribution < 1.29 is 0 Å². The van der Waals surface area contributed by atoms with Gasteiger partial charge in [-0.3, -0.25) is 0 Å². The molecule has 70 valence electrons. The van der Waals surface area contributed by atoms with E-state index in [1.165, 1.54) is 0 Å². The van der Waals surface area contributed by atoms with E-state index in [2.05, 4.69) is 11.6 Å². The quantitative estimate of drug-likeness (QED) is 0.573. The van der Waals surface area contributed by atoms with Crippen molar-refractivity contribution >= 4 is 34.1 Å². The number of halogens is 1. The predicted molar refractivity (Wildman–Crippen MR) is 61.3 cm³/mol. The lowest BCUT2D eigenvalue weighted by Crippen LogP contribution is -1.91. The van der Waals surface area contributed by atoms with Gasteiger partial charge in [-0.1, -0.05) is 36.4 Å². The molecule has 2 nitrogen and oxygen atoms in total. The summed E-state index contributed by atoms with van der Waals surface area (Å²) < 4.78 is 0. The van der Waals surface area contributed by atoms with Crippen LogP contribution in [0.5, 0.6) is 0 Å². The van der Waals surface area contributed by atoms with Crippen LogP contribution in [-0.2, 0) is 0 Å². The zero-order valence-electron chi connectivity index (χ0n) is 7.50. The number of nitrogens with zero attached hydrogens (tertiary/aromatic N) is 1. The Balaban J connectivity index is 2.99. The number of hydrogen-bond donors (Lipinski definition) is 1. The predicted octanol–water partition coefficient (Wildman–Crippen LogP) is 3.11. The summed E-state index contributed by atoms with van der Waals surface area (Å²) in [5, 5.41) is 2.25. The fourth-order valence-electron chi connectivity index (χ4n) is 1.48. The summed E-state index contributed by atoms with van der Waals surface area (Å²) in [6, 6.07) is 5.60. The first-order valence-corrected chi connectivity index (χ1v) is 4.57. The number of fused-ring (bicyclic) bond motifs is 1. The van der Waals surface area contributed by atoms with E-state index in [9.17, 15) is 0 Å². The van der Waals surface area contributed by atoms with Crippen LogP contribution in [0.25, 0.3) is 16.8 Å². The molecule has 0 saturated carbocycles.